The third-order valence-corrected chi connectivity index (χ3v) is 18.8. The molecule has 1 aromatic heterocycles. The maximum atomic E-state index is 2.58. The van der Waals surface area contributed by atoms with E-state index in [0.29, 0.717) is 0 Å². The highest BCUT2D eigenvalue weighted by Crippen LogP contribution is 2.64. The average Bonchev–Trinajstić information content (AvgIpc) is 4.30. The van der Waals surface area contributed by atoms with Crippen molar-refractivity contribution in [3.05, 3.63) is 310 Å². The van der Waals surface area contributed by atoms with Crippen molar-refractivity contribution in [1.82, 2.24) is 4.57 Å². The normalized spacial score (nSPS) is 14.4. The number of anilines is 3. The number of nitrogens with zero attached hydrogens (tertiary/aromatic N) is 2. The standard InChI is InChI=1S/C76H60N2S/c1-73(2,3)51-37-43-71-65(45-51)76(66-46-52(74(4,5)6)38-44-72(66)79-71)62-32-18-14-28-56(62)58-42-40-54(48-64(58)76)77(69-35-21-22-36-70(69)78-67-33-19-15-29-59(67)60-30-16-20-34-68(60)78)53-39-41-57-55-27-13-17-31-61(55)75(63(57)47-53,49-23-9-7-10-24-49)50-25-11-8-12-26-50/h7-48H,1-6H3. The molecule has 2 heterocycles. The van der Waals surface area contributed by atoms with Crippen molar-refractivity contribution >= 4 is 50.6 Å². The summed E-state index contributed by atoms with van der Waals surface area (Å²) >= 11 is 1.93. The molecule has 380 valence electrons. The zero-order valence-electron chi connectivity index (χ0n) is 45.6. The molecule has 2 aliphatic carbocycles. The van der Waals surface area contributed by atoms with Gasteiger partial charge in [0.15, 0.2) is 0 Å². The fourth-order valence-electron chi connectivity index (χ4n) is 14.0. The van der Waals surface area contributed by atoms with Crippen molar-refractivity contribution in [3.8, 4) is 27.9 Å². The first-order valence-corrected chi connectivity index (χ1v) is 28.7. The maximum absolute atomic E-state index is 2.58. The van der Waals surface area contributed by atoms with E-state index in [4.69, 9.17) is 0 Å². The Labute approximate surface area is 468 Å². The van der Waals surface area contributed by atoms with Gasteiger partial charge in [0, 0.05) is 31.9 Å². The minimum absolute atomic E-state index is 0.0630. The van der Waals surface area contributed by atoms with Crippen LogP contribution in [0.5, 0.6) is 0 Å². The summed E-state index contributed by atoms with van der Waals surface area (Å²) in [5, 5.41) is 2.47. The van der Waals surface area contributed by atoms with Crippen molar-refractivity contribution in [2.45, 2.75) is 73.0 Å². The second-order valence-corrected chi connectivity index (χ2v) is 25.1. The number of rotatable bonds is 6. The molecule has 0 N–H and O–H groups in total. The van der Waals surface area contributed by atoms with E-state index in [2.05, 4.69) is 306 Å². The van der Waals surface area contributed by atoms with Crippen LogP contribution in [0.4, 0.5) is 17.1 Å². The quantitative estimate of drug-likeness (QED) is 0.164. The number of hydrogen-bond acceptors (Lipinski definition) is 2. The average molecular weight is 1030 g/mol. The molecular formula is C76H60N2S. The van der Waals surface area contributed by atoms with Crippen molar-refractivity contribution in [3.63, 3.8) is 0 Å². The summed E-state index contributed by atoms with van der Waals surface area (Å²) < 4.78 is 2.49. The molecule has 12 aromatic rings. The van der Waals surface area contributed by atoms with Crippen LogP contribution in [0.3, 0.4) is 0 Å². The van der Waals surface area contributed by atoms with Crippen LogP contribution in [-0.4, -0.2) is 4.57 Å². The molecule has 0 bridgehead atoms. The SMILES string of the molecule is CC(C)(C)c1ccc2c(c1)C1(c3cc(C(C)(C)C)ccc3S2)c2ccccc2-c2ccc(N(c3ccc4c(c3)C(c3ccccc3)(c3ccccc3)c3ccccc3-4)c3ccccc3-n3c4ccccc4c4ccccc43)cc21. The van der Waals surface area contributed by atoms with Gasteiger partial charge in [0.05, 0.1) is 33.2 Å². The van der Waals surface area contributed by atoms with Crippen LogP contribution in [-0.2, 0) is 21.7 Å². The van der Waals surface area contributed by atoms with Crippen molar-refractivity contribution in [1.29, 1.82) is 0 Å². The highest BCUT2D eigenvalue weighted by molar-refractivity contribution is 7.99. The largest absolute Gasteiger partial charge is 0.308 e. The van der Waals surface area contributed by atoms with Crippen LogP contribution in [0.1, 0.15) is 97.2 Å². The zero-order valence-corrected chi connectivity index (χ0v) is 46.4. The van der Waals surface area contributed by atoms with Gasteiger partial charge in [-0.05, 0) is 149 Å². The van der Waals surface area contributed by atoms with Crippen molar-refractivity contribution < 1.29 is 0 Å². The summed E-state index contributed by atoms with van der Waals surface area (Å²) in [6.07, 6.45) is 0. The predicted octanol–water partition coefficient (Wildman–Crippen LogP) is 20.0. The molecule has 0 unspecified atom stereocenters. The Kier molecular flexibility index (Phi) is 10.5. The van der Waals surface area contributed by atoms with E-state index in [-0.39, 0.29) is 10.8 Å². The van der Waals surface area contributed by atoms with E-state index in [0.717, 1.165) is 22.7 Å². The Morgan fingerprint density at radius 1 is 0.342 bits per heavy atom. The first kappa shape index (κ1) is 47.6. The zero-order chi connectivity index (χ0) is 53.4. The minimum atomic E-state index is -0.617. The van der Waals surface area contributed by atoms with Crippen molar-refractivity contribution in [2.24, 2.45) is 0 Å². The number of benzene rings is 11. The van der Waals surface area contributed by atoms with E-state index < -0.39 is 10.8 Å². The third kappa shape index (κ3) is 6.85. The van der Waals surface area contributed by atoms with E-state index in [1.165, 1.54) is 109 Å². The summed E-state index contributed by atoms with van der Waals surface area (Å²) in [7, 11) is 0. The van der Waals surface area contributed by atoms with Crippen molar-refractivity contribution in [2.75, 3.05) is 4.90 Å². The monoisotopic (exact) mass is 1030 g/mol. The van der Waals surface area contributed by atoms with Gasteiger partial charge in [-0.3, -0.25) is 0 Å². The van der Waals surface area contributed by atoms with Gasteiger partial charge in [-0.15, -0.1) is 0 Å². The highest BCUT2D eigenvalue weighted by atomic mass is 32.2. The molecular weight excluding hydrogens is 973 g/mol. The van der Waals surface area contributed by atoms with Crippen LogP contribution in [0, 0.1) is 0 Å². The maximum Gasteiger partial charge on any atom is 0.0736 e. The smallest absolute Gasteiger partial charge is 0.0736 e. The fraction of sp³-hybridized carbons (Fsp3) is 0.132. The number of hydrogen-bond donors (Lipinski definition) is 0. The summed E-state index contributed by atoms with van der Waals surface area (Å²) in [4.78, 5) is 5.19. The fourth-order valence-corrected chi connectivity index (χ4v) is 15.2. The molecule has 3 heteroatoms. The highest BCUT2D eigenvalue weighted by Gasteiger charge is 2.52. The van der Waals surface area contributed by atoms with Gasteiger partial charge in [0.1, 0.15) is 0 Å². The predicted molar refractivity (Wildman–Crippen MR) is 332 cm³/mol. The van der Waals surface area contributed by atoms with Crippen LogP contribution in [0.25, 0.3) is 49.7 Å². The lowest BCUT2D eigenvalue weighted by Crippen LogP contribution is -2.33. The summed E-state index contributed by atoms with van der Waals surface area (Å²) in [5.41, 5.74) is 23.6. The van der Waals surface area contributed by atoms with Gasteiger partial charge in [0.2, 0.25) is 0 Å². The first-order valence-electron chi connectivity index (χ1n) is 27.9. The molecule has 2 nitrogen and oxygen atoms in total. The topological polar surface area (TPSA) is 8.17 Å². The molecule has 15 rings (SSSR count). The second kappa shape index (κ2) is 17.4. The Balaban J connectivity index is 1.06. The Morgan fingerprint density at radius 2 is 0.759 bits per heavy atom. The number of para-hydroxylation sites is 4. The molecule has 0 saturated carbocycles. The second-order valence-electron chi connectivity index (χ2n) is 24.0. The molecule has 1 spiro atoms. The lowest BCUT2D eigenvalue weighted by molar-refractivity contribution is 0.581. The third-order valence-electron chi connectivity index (χ3n) is 17.6. The molecule has 0 amide bonds. The van der Waals surface area contributed by atoms with E-state index >= 15 is 0 Å². The molecule has 79 heavy (non-hydrogen) atoms. The van der Waals surface area contributed by atoms with Gasteiger partial charge >= 0.3 is 0 Å². The summed E-state index contributed by atoms with van der Waals surface area (Å²) in [6, 6.07) is 97.1. The van der Waals surface area contributed by atoms with Gasteiger partial charge in [-0.2, -0.15) is 0 Å². The van der Waals surface area contributed by atoms with Crippen LogP contribution < -0.4 is 4.90 Å². The van der Waals surface area contributed by atoms with E-state index in [1.807, 2.05) is 11.8 Å². The summed E-state index contributed by atoms with van der Waals surface area (Å²) in [6.45, 7) is 14.1. The van der Waals surface area contributed by atoms with Gasteiger partial charge < -0.3 is 9.47 Å². The van der Waals surface area contributed by atoms with Crippen LogP contribution >= 0.6 is 11.8 Å². The number of aromatic nitrogens is 1. The van der Waals surface area contributed by atoms with Gasteiger partial charge in [-0.25, -0.2) is 0 Å². The Morgan fingerprint density at radius 3 is 1.28 bits per heavy atom. The molecule has 1 aliphatic heterocycles. The minimum Gasteiger partial charge on any atom is -0.308 e. The molecule has 0 fully saturated rings. The van der Waals surface area contributed by atoms with Gasteiger partial charge in [-0.1, -0.05) is 247 Å². The van der Waals surface area contributed by atoms with Gasteiger partial charge in [0.25, 0.3) is 0 Å². The molecule has 11 aromatic carbocycles. The van der Waals surface area contributed by atoms with E-state index in [1.54, 1.807) is 0 Å². The molecule has 0 saturated heterocycles. The molecule has 3 aliphatic rings. The van der Waals surface area contributed by atoms with Crippen LogP contribution in [0.2, 0.25) is 0 Å². The van der Waals surface area contributed by atoms with Crippen LogP contribution in [0.15, 0.2) is 265 Å². The summed E-state index contributed by atoms with van der Waals surface area (Å²) in [5.74, 6) is 0. The Bertz CT molecular complexity index is 4280. The Hall–Kier alpha value is -8.63. The van der Waals surface area contributed by atoms with E-state index in [9.17, 15) is 0 Å². The molecule has 0 atom stereocenters. The molecule has 0 radical (unpaired) electrons. The lowest BCUT2D eigenvalue weighted by Gasteiger charge is -2.41. The first-order chi connectivity index (χ1) is 38.5. The number of fused-ring (bicyclic) bond motifs is 15. The lowest BCUT2D eigenvalue weighted by atomic mass is 9.65.